The Labute approximate surface area is 146 Å². The van der Waals surface area contributed by atoms with Crippen LogP contribution in [0.2, 0.25) is 0 Å². The molecule has 1 amide bonds. The van der Waals surface area contributed by atoms with Gasteiger partial charge in [0.2, 0.25) is 0 Å². The van der Waals surface area contributed by atoms with Gasteiger partial charge in [-0.2, -0.15) is 0 Å². The van der Waals surface area contributed by atoms with E-state index < -0.39 is 12.1 Å². The number of hydrogen-bond donors (Lipinski definition) is 1. The van der Waals surface area contributed by atoms with Crippen LogP contribution in [0.15, 0.2) is 10.2 Å². The first-order valence-electron chi connectivity index (χ1n) is 8.59. The fourth-order valence-corrected chi connectivity index (χ4v) is 3.73. The van der Waals surface area contributed by atoms with E-state index in [1.54, 1.807) is 16.9 Å². The van der Waals surface area contributed by atoms with E-state index in [1.165, 1.54) is 19.3 Å². The molecule has 1 aliphatic rings. The van der Waals surface area contributed by atoms with Crippen LogP contribution in [-0.4, -0.2) is 29.1 Å². The minimum Gasteiger partial charge on any atom is -0.452 e. The van der Waals surface area contributed by atoms with Gasteiger partial charge in [-0.1, -0.05) is 30.6 Å². The first-order valence-corrected chi connectivity index (χ1v) is 9.47. The van der Waals surface area contributed by atoms with Crippen LogP contribution >= 0.6 is 11.3 Å². The van der Waals surface area contributed by atoms with Crippen LogP contribution in [0, 0.1) is 12.8 Å². The second kappa shape index (κ2) is 9.01. The van der Waals surface area contributed by atoms with Crippen molar-refractivity contribution in [2.45, 2.75) is 65.0 Å². The molecule has 1 aliphatic carbocycles. The minimum atomic E-state index is -0.804. The zero-order chi connectivity index (χ0) is 17.5. The third-order valence-corrected chi connectivity index (χ3v) is 5.36. The molecule has 1 aromatic rings. The molecule has 0 radical (unpaired) electrons. The number of nitrogens with one attached hydrogen (secondary N) is 1. The van der Waals surface area contributed by atoms with Gasteiger partial charge < -0.3 is 14.6 Å². The Morgan fingerprint density at radius 1 is 1.38 bits per heavy atom. The number of rotatable bonds is 7. The zero-order valence-corrected chi connectivity index (χ0v) is 15.2. The molecule has 6 nitrogen and oxygen atoms in total. The summed E-state index contributed by atoms with van der Waals surface area (Å²) in [6, 6.07) is 0. The van der Waals surface area contributed by atoms with Crippen molar-refractivity contribution >= 4 is 23.2 Å². The van der Waals surface area contributed by atoms with E-state index in [4.69, 9.17) is 4.74 Å². The van der Waals surface area contributed by atoms with Gasteiger partial charge in [-0.3, -0.25) is 14.4 Å². The predicted octanol–water partition coefficient (Wildman–Crippen LogP) is 2.24. The summed E-state index contributed by atoms with van der Waals surface area (Å²) < 4.78 is 6.71. The van der Waals surface area contributed by atoms with Gasteiger partial charge in [0.25, 0.3) is 5.91 Å². The van der Waals surface area contributed by atoms with Crippen molar-refractivity contribution in [2.75, 3.05) is 6.54 Å². The Morgan fingerprint density at radius 3 is 2.71 bits per heavy atom. The third-order valence-electron chi connectivity index (χ3n) is 4.48. The smallest absolute Gasteiger partial charge is 0.308 e. The Morgan fingerprint density at radius 2 is 2.08 bits per heavy atom. The monoisotopic (exact) mass is 354 g/mol. The maximum absolute atomic E-state index is 12.0. The lowest BCUT2D eigenvalue weighted by molar-refractivity contribution is -0.155. The molecular weight excluding hydrogens is 328 g/mol. The van der Waals surface area contributed by atoms with E-state index in [-0.39, 0.29) is 23.7 Å². The molecular formula is C17H26N2O4S. The average Bonchev–Trinajstić information content (AvgIpc) is 2.90. The van der Waals surface area contributed by atoms with Gasteiger partial charge in [0.1, 0.15) is 0 Å². The summed E-state index contributed by atoms with van der Waals surface area (Å²) in [6.07, 6.45) is 5.33. The molecule has 1 heterocycles. The number of ether oxygens (including phenoxy) is 1. The van der Waals surface area contributed by atoms with Gasteiger partial charge in [-0.05, 0) is 32.6 Å². The highest BCUT2D eigenvalue weighted by atomic mass is 32.1. The summed E-state index contributed by atoms with van der Waals surface area (Å²) in [5, 5.41) is 4.63. The normalized spacial score (nSPS) is 16.6. The van der Waals surface area contributed by atoms with Crippen molar-refractivity contribution < 1.29 is 14.3 Å². The Balaban J connectivity index is 1.70. The quantitative estimate of drug-likeness (QED) is 0.762. The molecule has 0 aromatic carbocycles. The van der Waals surface area contributed by atoms with Crippen molar-refractivity contribution in [3.63, 3.8) is 0 Å². The van der Waals surface area contributed by atoms with Gasteiger partial charge in [-0.25, -0.2) is 0 Å². The number of carbonyl (C=O) groups excluding carboxylic acids is 2. The molecule has 0 unspecified atom stereocenters. The molecule has 1 atom stereocenters. The van der Waals surface area contributed by atoms with Gasteiger partial charge in [0.05, 0.1) is 6.42 Å². The molecule has 134 valence electrons. The third kappa shape index (κ3) is 5.47. The second-order valence-corrected chi connectivity index (χ2v) is 7.25. The summed E-state index contributed by atoms with van der Waals surface area (Å²) in [5.74, 6) is -0.176. The number of thiazole rings is 1. The number of nitrogens with zero attached hydrogens (tertiary/aromatic N) is 1. The molecule has 24 heavy (non-hydrogen) atoms. The maximum atomic E-state index is 12.0. The van der Waals surface area contributed by atoms with E-state index in [0.717, 1.165) is 29.9 Å². The number of aryl methyl sites for hydroxylation is 1. The molecule has 0 spiro atoms. The number of carbonyl (C=O) groups is 2. The van der Waals surface area contributed by atoms with Crippen molar-refractivity contribution in [2.24, 2.45) is 5.92 Å². The number of aromatic nitrogens is 1. The van der Waals surface area contributed by atoms with E-state index in [9.17, 15) is 14.4 Å². The van der Waals surface area contributed by atoms with Crippen molar-refractivity contribution in [1.82, 2.24) is 9.88 Å². The highest BCUT2D eigenvalue weighted by Crippen LogP contribution is 2.22. The number of amides is 1. The van der Waals surface area contributed by atoms with E-state index in [1.807, 2.05) is 6.92 Å². The molecule has 0 saturated heterocycles. The highest BCUT2D eigenvalue weighted by Gasteiger charge is 2.20. The van der Waals surface area contributed by atoms with Crippen molar-refractivity contribution in [3.8, 4) is 0 Å². The maximum Gasteiger partial charge on any atom is 0.308 e. The molecule has 1 saturated carbocycles. The summed E-state index contributed by atoms with van der Waals surface area (Å²) in [7, 11) is 0. The van der Waals surface area contributed by atoms with Crippen LogP contribution < -0.4 is 10.2 Å². The molecule has 0 aliphatic heterocycles. The van der Waals surface area contributed by atoms with Crippen LogP contribution in [-0.2, 0) is 20.9 Å². The zero-order valence-electron chi connectivity index (χ0n) is 14.4. The number of hydrogen-bond acceptors (Lipinski definition) is 5. The molecule has 1 aromatic heterocycles. The summed E-state index contributed by atoms with van der Waals surface area (Å²) in [5.41, 5.74) is 0.830. The first-order chi connectivity index (χ1) is 11.5. The Bertz CT molecular complexity index is 616. The minimum absolute atomic E-state index is 0.0811. The fraction of sp³-hybridized carbons (Fsp3) is 0.706. The topological polar surface area (TPSA) is 77.4 Å². The van der Waals surface area contributed by atoms with E-state index in [2.05, 4.69) is 5.32 Å². The SMILES string of the molecule is Cc1csc(=O)n1CCC(=O)O[C@@H](C)C(=O)NCC1CCCCC1. The number of esters is 1. The second-order valence-electron chi connectivity index (χ2n) is 6.43. The van der Waals surface area contributed by atoms with Crippen molar-refractivity contribution in [3.05, 3.63) is 20.7 Å². The van der Waals surface area contributed by atoms with Crippen LogP contribution in [0.3, 0.4) is 0 Å². The largest absolute Gasteiger partial charge is 0.452 e. The molecule has 1 N–H and O–H groups in total. The van der Waals surface area contributed by atoms with Crippen LogP contribution in [0.5, 0.6) is 0 Å². The Kier molecular flexibility index (Phi) is 7.02. The molecule has 2 rings (SSSR count). The molecule has 7 heteroatoms. The standard InChI is InChI=1S/C17H26N2O4S/c1-12-11-24-17(22)19(12)9-8-15(20)23-13(2)16(21)18-10-14-6-4-3-5-7-14/h11,13-14H,3-10H2,1-2H3,(H,18,21)/t13-/m0/s1. The van der Waals surface area contributed by atoms with Gasteiger partial charge in [-0.15, -0.1) is 0 Å². The predicted molar refractivity (Wildman–Crippen MR) is 93.1 cm³/mol. The fourth-order valence-electron chi connectivity index (χ4n) is 2.97. The van der Waals surface area contributed by atoms with Gasteiger partial charge in [0.15, 0.2) is 6.10 Å². The van der Waals surface area contributed by atoms with Crippen LogP contribution in [0.1, 0.15) is 51.1 Å². The lowest BCUT2D eigenvalue weighted by Gasteiger charge is -2.22. The average molecular weight is 354 g/mol. The highest BCUT2D eigenvalue weighted by molar-refractivity contribution is 7.07. The lowest BCUT2D eigenvalue weighted by Crippen LogP contribution is -2.38. The summed E-state index contributed by atoms with van der Waals surface area (Å²) in [6.45, 7) is 4.34. The van der Waals surface area contributed by atoms with Crippen LogP contribution in [0.4, 0.5) is 0 Å². The van der Waals surface area contributed by atoms with Gasteiger partial charge in [0, 0.05) is 24.2 Å². The summed E-state index contributed by atoms with van der Waals surface area (Å²) in [4.78, 5) is 35.4. The summed E-state index contributed by atoms with van der Waals surface area (Å²) >= 11 is 1.11. The molecule has 1 fully saturated rings. The first kappa shape index (κ1) is 18.7. The van der Waals surface area contributed by atoms with E-state index in [0.29, 0.717) is 12.5 Å². The van der Waals surface area contributed by atoms with Crippen LogP contribution in [0.25, 0.3) is 0 Å². The van der Waals surface area contributed by atoms with Crippen molar-refractivity contribution in [1.29, 1.82) is 0 Å². The van der Waals surface area contributed by atoms with E-state index >= 15 is 0 Å². The Hall–Kier alpha value is -1.63. The lowest BCUT2D eigenvalue weighted by atomic mass is 9.89. The molecule has 0 bridgehead atoms. The van der Waals surface area contributed by atoms with Gasteiger partial charge >= 0.3 is 10.8 Å².